The van der Waals surface area contributed by atoms with Gasteiger partial charge in [0.05, 0.1) is 25.9 Å². The fraction of sp³-hybridized carbons (Fsp3) is 0.850. The Morgan fingerprint density at radius 3 is 2.42 bits per heavy atom. The van der Waals surface area contributed by atoms with E-state index in [0.717, 1.165) is 19.3 Å². The highest BCUT2D eigenvalue weighted by atomic mass is 28.2. The first-order chi connectivity index (χ1) is 11.9. The Morgan fingerprint density at radius 1 is 1.23 bits per heavy atom. The van der Waals surface area contributed by atoms with Gasteiger partial charge < -0.3 is 18.6 Å². The zero-order chi connectivity index (χ0) is 20.1. The minimum absolute atomic E-state index is 0.0588. The molecule has 0 aliphatic carbocycles. The van der Waals surface area contributed by atoms with Gasteiger partial charge in [-0.25, -0.2) is 0 Å². The van der Waals surface area contributed by atoms with Crippen LogP contribution in [-0.4, -0.2) is 48.2 Å². The van der Waals surface area contributed by atoms with Crippen LogP contribution in [0.4, 0.5) is 0 Å². The second kappa shape index (κ2) is 9.00. The molecular formula is C20H38O5Si. The zero-order valence-corrected chi connectivity index (χ0v) is 19.9. The predicted octanol–water partition coefficient (Wildman–Crippen LogP) is 3.15. The smallest absolute Gasteiger partial charge is 0.305 e. The van der Waals surface area contributed by atoms with E-state index in [1.54, 1.807) is 0 Å². The number of hydrogen-bond donors (Lipinski definition) is 0. The van der Waals surface area contributed by atoms with Crippen molar-refractivity contribution in [2.75, 3.05) is 20.3 Å². The van der Waals surface area contributed by atoms with Gasteiger partial charge in [-0.15, -0.1) is 0 Å². The lowest BCUT2D eigenvalue weighted by Crippen LogP contribution is -2.66. The van der Waals surface area contributed by atoms with Crippen molar-refractivity contribution in [3.63, 3.8) is 0 Å². The summed E-state index contributed by atoms with van der Waals surface area (Å²) in [6.07, 6.45) is 7.33. The molecule has 0 aromatic carbocycles. The molecule has 0 saturated carbocycles. The van der Waals surface area contributed by atoms with Crippen LogP contribution < -0.4 is 0 Å². The summed E-state index contributed by atoms with van der Waals surface area (Å²) < 4.78 is 22.8. The summed E-state index contributed by atoms with van der Waals surface area (Å²) >= 11 is 0. The van der Waals surface area contributed by atoms with E-state index in [9.17, 15) is 4.79 Å². The Kier molecular flexibility index (Phi) is 8.08. The summed E-state index contributed by atoms with van der Waals surface area (Å²) in [4.78, 5) is 11.2. The van der Waals surface area contributed by atoms with Gasteiger partial charge in [0.2, 0.25) is 0 Å². The van der Waals surface area contributed by atoms with Gasteiger partial charge >= 0.3 is 5.97 Å². The minimum atomic E-state index is -0.701. The lowest BCUT2D eigenvalue weighted by Gasteiger charge is -2.60. The van der Waals surface area contributed by atoms with E-state index in [0.29, 0.717) is 30.1 Å². The second-order valence-corrected chi connectivity index (χ2v) is 9.52. The number of rotatable bonds is 8. The van der Waals surface area contributed by atoms with Crippen molar-refractivity contribution >= 4 is 16.5 Å². The van der Waals surface area contributed by atoms with Crippen LogP contribution in [0, 0.1) is 10.8 Å². The third-order valence-corrected chi connectivity index (χ3v) is 6.11. The van der Waals surface area contributed by atoms with Crippen molar-refractivity contribution in [1.29, 1.82) is 0 Å². The lowest BCUT2D eigenvalue weighted by molar-refractivity contribution is -0.385. The highest BCUT2D eigenvalue weighted by Gasteiger charge is 2.59. The number of carbonyl (C=O) groups excluding carboxylic acids is 1. The highest BCUT2D eigenvalue weighted by molar-refractivity contribution is 5.97. The molecule has 0 unspecified atom stereocenters. The number of ether oxygens (including phenoxy) is 3. The van der Waals surface area contributed by atoms with E-state index in [4.69, 9.17) is 13.9 Å². The zero-order valence-electron chi connectivity index (χ0n) is 17.9. The molecule has 0 radical (unpaired) electrons. The average molecular weight is 387 g/mol. The lowest BCUT2D eigenvalue weighted by atomic mass is 9.60. The summed E-state index contributed by atoms with van der Waals surface area (Å²) in [6.45, 7) is 14.1. The molecule has 0 bridgehead atoms. The molecule has 0 amide bonds. The molecule has 1 fully saturated rings. The maximum Gasteiger partial charge on any atom is 0.305 e. The van der Waals surface area contributed by atoms with Gasteiger partial charge in [0.25, 0.3) is 0 Å². The van der Waals surface area contributed by atoms with E-state index in [-0.39, 0.29) is 22.4 Å². The normalized spacial score (nSPS) is 32.9. The van der Waals surface area contributed by atoms with Crippen molar-refractivity contribution in [2.24, 2.45) is 10.8 Å². The summed E-state index contributed by atoms with van der Waals surface area (Å²) in [5.41, 5.74) is -0.588. The van der Waals surface area contributed by atoms with Gasteiger partial charge in [-0.05, 0) is 38.5 Å². The summed E-state index contributed by atoms with van der Waals surface area (Å²) in [5.74, 6) is -0.853. The third kappa shape index (κ3) is 5.41. The largest absolute Gasteiger partial charge is 0.469 e. The van der Waals surface area contributed by atoms with Gasteiger partial charge in [0.15, 0.2) is 5.79 Å². The average Bonchev–Trinajstić information content (AvgIpc) is 2.54. The Morgan fingerprint density at radius 2 is 1.88 bits per heavy atom. The first-order valence-electron chi connectivity index (χ1n) is 9.48. The van der Waals surface area contributed by atoms with Crippen LogP contribution in [0.25, 0.3) is 0 Å². The van der Waals surface area contributed by atoms with E-state index in [1.165, 1.54) is 7.11 Å². The fourth-order valence-corrected chi connectivity index (χ4v) is 4.13. The maximum absolute atomic E-state index is 11.2. The predicted molar refractivity (Wildman–Crippen MR) is 107 cm³/mol. The molecule has 152 valence electrons. The SMILES string of the molecule is COC(=O)CCCC=CC[C@@]1(C)CO[C@@](C)(CO[SiH3])O[C@]1(C)C(C)(C)C. The quantitative estimate of drug-likeness (QED) is 0.278. The van der Waals surface area contributed by atoms with Gasteiger partial charge in [-0.2, -0.15) is 0 Å². The number of methoxy groups -OCH3 is 1. The number of allylic oxidation sites excluding steroid dienone is 2. The summed E-state index contributed by atoms with van der Waals surface area (Å²) in [5, 5.41) is 0. The number of unbranched alkanes of at least 4 members (excludes halogenated alkanes) is 1. The number of hydrogen-bond acceptors (Lipinski definition) is 5. The molecular weight excluding hydrogens is 348 g/mol. The molecule has 5 nitrogen and oxygen atoms in total. The van der Waals surface area contributed by atoms with Crippen molar-refractivity contribution in [2.45, 2.75) is 78.6 Å². The first kappa shape index (κ1) is 23.3. The van der Waals surface area contributed by atoms with Crippen LogP contribution in [0.3, 0.4) is 0 Å². The standard InChI is InChI=1S/C20H38O5Si/c1-17(2,3)20(6)18(4,14-23-19(5,25-20)15-24-26)13-11-9-8-10-12-16(21)22-7/h9,11H,8,10,12-15H2,1-7,26H3/t18-,19+,20+/m0/s1. The molecule has 1 aliphatic heterocycles. The van der Waals surface area contributed by atoms with Crippen molar-refractivity contribution in [1.82, 2.24) is 0 Å². The van der Waals surface area contributed by atoms with Gasteiger partial charge in [0, 0.05) is 11.8 Å². The molecule has 0 aromatic heterocycles. The Hall–Kier alpha value is -0.693. The fourth-order valence-electron chi connectivity index (χ4n) is 3.61. The van der Waals surface area contributed by atoms with Crippen molar-refractivity contribution < 1.29 is 23.4 Å². The molecule has 1 aliphatic rings. The molecule has 6 heteroatoms. The van der Waals surface area contributed by atoms with E-state index in [2.05, 4.69) is 51.5 Å². The highest BCUT2D eigenvalue weighted by Crippen LogP contribution is 2.54. The first-order valence-corrected chi connectivity index (χ1v) is 10.3. The third-order valence-electron chi connectivity index (χ3n) is 5.82. The number of carbonyl (C=O) groups is 1. The molecule has 1 rings (SSSR count). The van der Waals surface area contributed by atoms with Gasteiger partial charge in [0.1, 0.15) is 10.5 Å². The molecule has 0 N–H and O–H groups in total. The van der Waals surface area contributed by atoms with Crippen LogP contribution in [0.5, 0.6) is 0 Å². The maximum atomic E-state index is 11.2. The van der Waals surface area contributed by atoms with Crippen LogP contribution in [0.1, 0.15) is 67.2 Å². The van der Waals surface area contributed by atoms with E-state index >= 15 is 0 Å². The van der Waals surface area contributed by atoms with Crippen LogP contribution >= 0.6 is 0 Å². The monoisotopic (exact) mass is 386 g/mol. The molecule has 1 heterocycles. The topological polar surface area (TPSA) is 54.0 Å². The molecule has 1 saturated heterocycles. The van der Waals surface area contributed by atoms with Crippen LogP contribution in [-0.2, 0) is 23.4 Å². The van der Waals surface area contributed by atoms with Crippen molar-refractivity contribution in [3.8, 4) is 0 Å². The molecule has 26 heavy (non-hydrogen) atoms. The summed E-state index contributed by atoms with van der Waals surface area (Å²) in [7, 11) is 2.09. The van der Waals surface area contributed by atoms with E-state index in [1.807, 2.05) is 6.92 Å². The van der Waals surface area contributed by atoms with Crippen molar-refractivity contribution in [3.05, 3.63) is 12.2 Å². The summed E-state index contributed by atoms with van der Waals surface area (Å²) in [6, 6.07) is 0. The second-order valence-electron chi connectivity index (χ2n) is 8.95. The minimum Gasteiger partial charge on any atom is -0.469 e. The molecule has 0 spiro atoms. The van der Waals surface area contributed by atoms with Gasteiger partial charge in [-0.3, -0.25) is 4.79 Å². The van der Waals surface area contributed by atoms with Crippen LogP contribution in [0.15, 0.2) is 12.2 Å². The molecule has 0 aromatic rings. The Labute approximate surface area is 162 Å². The Bertz CT molecular complexity index is 501. The Balaban J connectivity index is 2.82. The molecule has 3 atom stereocenters. The number of esters is 1. The van der Waals surface area contributed by atoms with E-state index < -0.39 is 5.79 Å². The van der Waals surface area contributed by atoms with Crippen LogP contribution in [0.2, 0.25) is 0 Å². The van der Waals surface area contributed by atoms with Gasteiger partial charge in [-0.1, -0.05) is 39.8 Å².